The first kappa shape index (κ1) is 86.1. The van der Waals surface area contributed by atoms with Gasteiger partial charge in [0.15, 0.2) is 12.2 Å². The van der Waals surface area contributed by atoms with E-state index in [-0.39, 0.29) is 25.7 Å². The molecule has 2 unspecified atom stereocenters. The quantitative estimate of drug-likeness (QED) is 0.0222. The molecule has 3 N–H and O–H groups in total. The molecule has 0 rings (SSSR count). The van der Waals surface area contributed by atoms with Gasteiger partial charge in [0.25, 0.3) is 0 Å². The molecule has 17 nitrogen and oxygen atoms in total. The van der Waals surface area contributed by atoms with Crippen LogP contribution in [-0.4, -0.2) is 96.7 Å². The fourth-order valence-electron chi connectivity index (χ4n) is 10.4. The van der Waals surface area contributed by atoms with E-state index in [1.54, 1.807) is 0 Å². The third-order valence-corrected chi connectivity index (χ3v) is 17.9. The zero-order valence-electron chi connectivity index (χ0n) is 57.0. The number of phosphoric acid groups is 2. The Morgan fingerprint density at radius 1 is 0.307 bits per heavy atom. The van der Waals surface area contributed by atoms with Crippen LogP contribution in [0.5, 0.6) is 0 Å². The highest BCUT2D eigenvalue weighted by Crippen LogP contribution is 2.45. The first-order valence-electron chi connectivity index (χ1n) is 36.0. The Bertz CT molecular complexity index is 1720. The summed E-state index contributed by atoms with van der Waals surface area (Å²) in [5.41, 5.74) is 0. The number of rotatable bonds is 68. The predicted molar refractivity (Wildman–Crippen MR) is 354 cm³/mol. The van der Waals surface area contributed by atoms with Crippen LogP contribution in [0.2, 0.25) is 0 Å². The van der Waals surface area contributed by atoms with Gasteiger partial charge in [-0.3, -0.25) is 37.3 Å². The monoisotopic (exact) mass is 1300 g/mol. The summed E-state index contributed by atoms with van der Waals surface area (Å²) in [4.78, 5) is 72.5. The highest BCUT2D eigenvalue weighted by atomic mass is 31.2. The van der Waals surface area contributed by atoms with Crippen molar-refractivity contribution in [3.8, 4) is 0 Å². The van der Waals surface area contributed by atoms with Crippen molar-refractivity contribution in [3.05, 3.63) is 0 Å². The minimum Gasteiger partial charge on any atom is -0.462 e. The number of aliphatic hydroxyl groups excluding tert-OH is 1. The summed E-state index contributed by atoms with van der Waals surface area (Å²) in [5, 5.41) is 10.6. The van der Waals surface area contributed by atoms with Gasteiger partial charge in [-0.2, -0.15) is 0 Å². The van der Waals surface area contributed by atoms with E-state index in [2.05, 4.69) is 41.5 Å². The molecular weight excluding hydrogens is 1160 g/mol. The summed E-state index contributed by atoms with van der Waals surface area (Å²) < 4.78 is 68.2. The van der Waals surface area contributed by atoms with Crippen LogP contribution in [0.1, 0.15) is 350 Å². The molecule has 0 aliphatic heterocycles. The Labute approximate surface area is 537 Å². The minimum absolute atomic E-state index is 0.105. The zero-order chi connectivity index (χ0) is 65.0. The summed E-state index contributed by atoms with van der Waals surface area (Å²) in [5.74, 6) is -0.637. The van der Waals surface area contributed by atoms with Crippen molar-refractivity contribution in [2.24, 2.45) is 11.8 Å². The molecule has 5 atom stereocenters. The Morgan fingerprint density at radius 2 is 0.523 bits per heavy atom. The fourth-order valence-corrected chi connectivity index (χ4v) is 12.0. The van der Waals surface area contributed by atoms with Gasteiger partial charge in [-0.1, -0.05) is 298 Å². The number of hydrogen-bond acceptors (Lipinski definition) is 15. The number of ether oxygens (including phenoxy) is 4. The zero-order valence-corrected chi connectivity index (χ0v) is 58.8. The maximum absolute atomic E-state index is 13.0. The third-order valence-electron chi connectivity index (χ3n) is 16.0. The van der Waals surface area contributed by atoms with Crippen molar-refractivity contribution >= 4 is 39.5 Å². The molecule has 522 valence electrons. The van der Waals surface area contributed by atoms with E-state index in [9.17, 15) is 43.2 Å². The van der Waals surface area contributed by atoms with Crippen LogP contribution in [-0.2, 0) is 65.4 Å². The summed E-state index contributed by atoms with van der Waals surface area (Å²) in [7, 11) is -9.90. The van der Waals surface area contributed by atoms with Crippen LogP contribution in [0, 0.1) is 11.8 Å². The largest absolute Gasteiger partial charge is 0.472 e. The van der Waals surface area contributed by atoms with Gasteiger partial charge in [-0.05, 0) is 37.5 Å². The Hall–Kier alpha value is -1.94. The molecule has 0 bridgehead atoms. The van der Waals surface area contributed by atoms with Crippen molar-refractivity contribution in [1.82, 2.24) is 0 Å². The van der Waals surface area contributed by atoms with Gasteiger partial charge < -0.3 is 33.8 Å². The number of carbonyl (C=O) groups excluding carboxylic acids is 4. The van der Waals surface area contributed by atoms with Gasteiger partial charge in [-0.25, -0.2) is 9.13 Å². The lowest BCUT2D eigenvalue weighted by atomic mass is 10.0. The summed E-state index contributed by atoms with van der Waals surface area (Å²) in [6.45, 7) is 9.50. The van der Waals surface area contributed by atoms with E-state index in [0.29, 0.717) is 25.7 Å². The molecule has 0 aliphatic rings. The molecule has 0 fully saturated rings. The topological polar surface area (TPSA) is 237 Å². The van der Waals surface area contributed by atoms with Crippen molar-refractivity contribution < 1.29 is 80.2 Å². The normalized spacial score (nSPS) is 14.2. The molecule has 0 saturated carbocycles. The second-order valence-electron chi connectivity index (χ2n) is 25.9. The minimum atomic E-state index is -4.95. The summed E-state index contributed by atoms with van der Waals surface area (Å²) >= 11 is 0. The molecule has 0 saturated heterocycles. The number of carbonyl (C=O) groups is 4. The first-order chi connectivity index (χ1) is 42.4. The van der Waals surface area contributed by atoms with E-state index >= 15 is 0 Å². The van der Waals surface area contributed by atoms with Gasteiger partial charge in [0.1, 0.15) is 19.3 Å². The Morgan fingerprint density at radius 3 is 0.773 bits per heavy atom. The molecule has 0 heterocycles. The molecule has 0 aliphatic carbocycles. The molecule has 0 aromatic rings. The van der Waals surface area contributed by atoms with E-state index in [4.69, 9.17) is 37.0 Å². The molecule has 0 radical (unpaired) electrons. The molecule has 19 heteroatoms. The molecule has 88 heavy (non-hydrogen) atoms. The Kier molecular flexibility index (Phi) is 59.9. The molecule has 0 aromatic heterocycles. The van der Waals surface area contributed by atoms with Crippen molar-refractivity contribution in [2.45, 2.75) is 368 Å². The Balaban J connectivity index is 5.25. The van der Waals surface area contributed by atoms with Gasteiger partial charge in [-0.15, -0.1) is 0 Å². The molecular formula is C69H134O17P2. The summed E-state index contributed by atoms with van der Waals surface area (Å²) in [6, 6.07) is 0. The van der Waals surface area contributed by atoms with Gasteiger partial charge >= 0.3 is 39.5 Å². The highest BCUT2D eigenvalue weighted by Gasteiger charge is 2.30. The van der Waals surface area contributed by atoms with Crippen LogP contribution >= 0.6 is 15.6 Å². The van der Waals surface area contributed by atoms with E-state index in [1.165, 1.54) is 167 Å². The average molecular weight is 1300 g/mol. The van der Waals surface area contributed by atoms with Crippen LogP contribution in [0.4, 0.5) is 0 Å². The van der Waals surface area contributed by atoms with Gasteiger partial charge in [0.2, 0.25) is 0 Å². The maximum Gasteiger partial charge on any atom is 0.472 e. The lowest BCUT2D eigenvalue weighted by Gasteiger charge is -2.21. The smallest absolute Gasteiger partial charge is 0.462 e. The van der Waals surface area contributed by atoms with Crippen LogP contribution < -0.4 is 0 Å². The maximum atomic E-state index is 13.0. The standard InChI is InChI=1S/C69H134O17P2/c1-7-9-11-13-15-17-19-20-21-28-34-40-46-52-67(72)80-58-64(85-68(73)53-47-41-35-29-23-22-25-31-37-43-49-61(3)4)59-83-87(75,76)81-55-63(70)56-82-88(77,78)84-60-65(57-79-66(71)51-45-39-33-27-18-16-14-12-10-8-2)86-69(74)54-48-42-36-30-24-26-32-38-44-50-62(5)6/h61-65,70H,7-60H2,1-6H3,(H,75,76)(H,77,78)/t63-,64-,65-/m1/s1. The van der Waals surface area contributed by atoms with Crippen LogP contribution in [0.15, 0.2) is 0 Å². The second-order valence-corrected chi connectivity index (χ2v) is 28.8. The van der Waals surface area contributed by atoms with E-state index < -0.39 is 97.5 Å². The number of hydrogen-bond donors (Lipinski definition) is 3. The SMILES string of the molecule is CCCCCCCCCCCCCCCC(=O)OC[C@H](COP(=O)(O)OC[C@@H](O)COP(=O)(O)OC[C@@H](COC(=O)CCCCCCCCCCCC)OC(=O)CCCCCCCCCCCC(C)C)OC(=O)CCCCCCCCCCCCC(C)C. The molecule has 0 amide bonds. The first-order valence-corrected chi connectivity index (χ1v) is 39.0. The number of unbranched alkanes of at least 4 members (excludes halogenated alkanes) is 38. The fraction of sp³-hybridized carbons (Fsp3) is 0.942. The van der Waals surface area contributed by atoms with Gasteiger partial charge in [0.05, 0.1) is 26.4 Å². The predicted octanol–water partition coefficient (Wildman–Crippen LogP) is 19.6. The van der Waals surface area contributed by atoms with Crippen molar-refractivity contribution in [1.29, 1.82) is 0 Å². The van der Waals surface area contributed by atoms with Crippen molar-refractivity contribution in [2.75, 3.05) is 39.6 Å². The molecule has 0 spiro atoms. The lowest BCUT2D eigenvalue weighted by molar-refractivity contribution is -0.161. The average Bonchev–Trinajstić information content (AvgIpc) is 3.61. The van der Waals surface area contributed by atoms with E-state index in [0.717, 1.165) is 102 Å². The van der Waals surface area contributed by atoms with E-state index in [1.807, 2.05) is 0 Å². The highest BCUT2D eigenvalue weighted by molar-refractivity contribution is 7.47. The van der Waals surface area contributed by atoms with Crippen LogP contribution in [0.3, 0.4) is 0 Å². The third kappa shape index (κ3) is 62.8. The van der Waals surface area contributed by atoms with Crippen molar-refractivity contribution in [3.63, 3.8) is 0 Å². The second kappa shape index (κ2) is 61.3. The van der Waals surface area contributed by atoms with Crippen LogP contribution in [0.25, 0.3) is 0 Å². The number of esters is 4. The number of aliphatic hydroxyl groups is 1. The molecule has 0 aromatic carbocycles. The summed E-state index contributed by atoms with van der Waals surface area (Å²) in [6.07, 6.45) is 45.7. The van der Waals surface area contributed by atoms with Gasteiger partial charge in [0, 0.05) is 25.7 Å². The lowest BCUT2D eigenvalue weighted by Crippen LogP contribution is -2.30. The number of phosphoric ester groups is 2.